The number of rotatable bonds is 6. The molecule has 1 fully saturated rings. The largest absolute Gasteiger partial charge is 0.481 e. The molecule has 0 bridgehead atoms. The van der Waals surface area contributed by atoms with Gasteiger partial charge in [-0.1, -0.05) is 23.7 Å². The van der Waals surface area contributed by atoms with Crippen LogP contribution in [0, 0.1) is 11.7 Å². The predicted molar refractivity (Wildman–Crippen MR) is 96.8 cm³/mol. The van der Waals surface area contributed by atoms with Crippen molar-refractivity contribution in [3.8, 4) is 5.75 Å². The van der Waals surface area contributed by atoms with Crippen molar-refractivity contribution in [3.05, 3.63) is 59.4 Å². The summed E-state index contributed by atoms with van der Waals surface area (Å²) < 4.78 is 18.6. The molecule has 1 unspecified atom stereocenters. The lowest BCUT2D eigenvalue weighted by molar-refractivity contribution is -0.123. The van der Waals surface area contributed by atoms with Crippen molar-refractivity contribution in [1.82, 2.24) is 5.32 Å². The van der Waals surface area contributed by atoms with Crippen molar-refractivity contribution >= 4 is 29.1 Å². The van der Waals surface area contributed by atoms with E-state index in [1.807, 2.05) is 0 Å². The fourth-order valence-electron chi connectivity index (χ4n) is 2.80. The number of amides is 2. The maximum atomic E-state index is 13.4. The summed E-state index contributed by atoms with van der Waals surface area (Å²) in [7, 11) is 0. The highest BCUT2D eigenvalue weighted by molar-refractivity contribution is 6.30. The van der Waals surface area contributed by atoms with Gasteiger partial charge in [0, 0.05) is 36.1 Å². The number of nitrogens with zero attached hydrogens (tertiary/aromatic N) is 1. The molecule has 0 saturated carbocycles. The lowest BCUT2D eigenvalue weighted by Gasteiger charge is -2.17. The highest BCUT2D eigenvalue weighted by atomic mass is 35.5. The Labute approximate surface area is 155 Å². The van der Waals surface area contributed by atoms with Crippen LogP contribution in [0.3, 0.4) is 0 Å². The molecule has 2 aromatic carbocycles. The molecule has 136 valence electrons. The molecule has 1 saturated heterocycles. The lowest BCUT2D eigenvalue weighted by atomic mass is 10.1. The van der Waals surface area contributed by atoms with Gasteiger partial charge < -0.3 is 15.0 Å². The fraction of sp³-hybridized carbons (Fsp3) is 0.263. The molecule has 0 spiro atoms. The first-order chi connectivity index (χ1) is 12.5. The molecular weight excluding hydrogens is 359 g/mol. The molecule has 26 heavy (non-hydrogen) atoms. The van der Waals surface area contributed by atoms with Crippen molar-refractivity contribution in [3.63, 3.8) is 0 Å². The Morgan fingerprint density at radius 3 is 2.69 bits per heavy atom. The molecule has 1 N–H and O–H groups in total. The van der Waals surface area contributed by atoms with Crippen molar-refractivity contribution in [1.29, 1.82) is 0 Å². The fourth-order valence-corrected chi connectivity index (χ4v) is 2.93. The van der Waals surface area contributed by atoms with Gasteiger partial charge in [0.05, 0.1) is 0 Å². The molecule has 1 heterocycles. The van der Waals surface area contributed by atoms with Crippen LogP contribution in [-0.4, -0.2) is 31.5 Å². The van der Waals surface area contributed by atoms with Crippen LogP contribution in [0.5, 0.6) is 5.75 Å². The monoisotopic (exact) mass is 376 g/mol. The number of carbonyl (C=O) groups excluding carboxylic acids is 2. The Morgan fingerprint density at radius 1 is 1.23 bits per heavy atom. The van der Waals surface area contributed by atoms with Crippen molar-refractivity contribution in [2.24, 2.45) is 5.92 Å². The van der Waals surface area contributed by atoms with Crippen molar-refractivity contribution in [2.75, 3.05) is 24.6 Å². The van der Waals surface area contributed by atoms with E-state index in [4.69, 9.17) is 16.3 Å². The smallest absolute Gasteiger partial charge is 0.257 e. The van der Waals surface area contributed by atoms with Crippen LogP contribution in [0.1, 0.15) is 6.42 Å². The van der Waals surface area contributed by atoms with E-state index in [9.17, 15) is 14.0 Å². The van der Waals surface area contributed by atoms with Gasteiger partial charge in [-0.3, -0.25) is 9.59 Å². The molecule has 0 aliphatic carbocycles. The highest BCUT2D eigenvalue weighted by Crippen LogP contribution is 2.26. The summed E-state index contributed by atoms with van der Waals surface area (Å²) in [6.45, 7) is 0.604. The normalized spacial score (nSPS) is 16.6. The number of anilines is 1. The van der Waals surface area contributed by atoms with E-state index in [0.29, 0.717) is 24.5 Å². The minimum Gasteiger partial charge on any atom is -0.481 e. The van der Waals surface area contributed by atoms with Gasteiger partial charge in [0.1, 0.15) is 0 Å². The zero-order chi connectivity index (χ0) is 18.5. The van der Waals surface area contributed by atoms with Gasteiger partial charge in [0.2, 0.25) is 5.91 Å². The number of hydrogen-bond donors (Lipinski definition) is 1. The molecule has 2 amide bonds. The molecule has 7 heteroatoms. The number of benzene rings is 2. The molecule has 0 radical (unpaired) electrons. The van der Waals surface area contributed by atoms with Crippen LogP contribution in [0.2, 0.25) is 5.02 Å². The van der Waals surface area contributed by atoms with Crippen LogP contribution < -0.4 is 15.0 Å². The molecule has 1 aliphatic rings. The number of para-hydroxylation sites is 1. The van der Waals surface area contributed by atoms with Crippen molar-refractivity contribution < 1.29 is 18.7 Å². The minimum atomic E-state index is -0.514. The van der Waals surface area contributed by atoms with Crippen LogP contribution in [0.15, 0.2) is 48.5 Å². The van der Waals surface area contributed by atoms with E-state index in [-0.39, 0.29) is 30.1 Å². The molecule has 1 aliphatic heterocycles. The summed E-state index contributed by atoms with van der Waals surface area (Å²) in [5.74, 6) is -0.816. The molecule has 1 atom stereocenters. The second-order valence-corrected chi connectivity index (χ2v) is 6.51. The Balaban J connectivity index is 1.46. The van der Waals surface area contributed by atoms with E-state index < -0.39 is 5.82 Å². The number of nitrogens with one attached hydrogen (secondary N) is 1. The quantitative estimate of drug-likeness (QED) is 0.843. The van der Waals surface area contributed by atoms with Crippen LogP contribution in [0.25, 0.3) is 0 Å². The number of ether oxygens (including phenoxy) is 1. The van der Waals surface area contributed by atoms with E-state index in [0.717, 1.165) is 5.69 Å². The molecule has 5 nitrogen and oxygen atoms in total. The summed E-state index contributed by atoms with van der Waals surface area (Å²) in [5, 5.41) is 3.34. The van der Waals surface area contributed by atoms with Gasteiger partial charge in [0.25, 0.3) is 5.91 Å². The summed E-state index contributed by atoms with van der Waals surface area (Å²) in [4.78, 5) is 25.7. The molecule has 3 rings (SSSR count). The molecular formula is C19H18ClFN2O3. The van der Waals surface area contributed by atoms with E-state index >= 15 is 0 Å². The zero-order valence-electron chi connectivity index (χ0n) is 14.0. The molecule has 2 aromatic rings. The third-order valence-electron chi connectivity index (χ3n) is 4.13. The second-order valence-electron chi connectivity index (χ2n) is 6.07. The van der Waals surface area contributed by atoms with Crippen molar-refractivity contribution in [2.45, 2.75) is 6.42 Å². The number of carbonyl (C=O) groups is 2. The average Bonchev–Trinajstić information content (AvgIpc) is 3.01. The maximum Gasteiger partial charge on any atom is 0.257 e. The summed E-state index contributed by atoms with van der Waals surface area (Å²) in [6.07, 6.45) is 0.358. The first-order valence-electron chi connectivity index (χ1n) is 8.23. The molecule has 0 aromatic heterocycles. The first kappa shape index (κ1) is 18.2. The second kappa shape index (κ2) is 8.19. The minimum absolute atomic E-state index is 0.00850. The van der Waals surface area contributed by atoms with Crippen LogP contribution in [-0.2, 0) is 9.59 Å². The third kappa shape index (κ3) is 4.52. The standard InChI is InChI=1S/C19H18ClFN2O3/c20-14-5-7-15(8-6-14)23-11-13(9-19(23)25)10-22-18(24)12-26-17-4-2-1-3-16(17)21/h1-8,13H,9-12H2,(H,22,24). The van der Waals surface area contributed by atoms with Gasteiger partial charge in [0.15, 0.2) is 18.2 Å². The van der Waals surface area contributed by atoms with Gasteiger partial charge in [-0.15, -0.1) is 0 Å². The Bertz CT molecular complexity index is 798. The van der Waals surface area contributed by atoms with Gasteiger partial charge in [-0.2, -0.15) is 0 Å². The van der Waals surface area contributed by atoms with Gasteiger partial charge in [-0.25, -0.2) is 4.39 Å². The Kier molecular flexibility index (Phi) is 5.73. The predicted octanol–water partition coefficient (Wildman–Crippen LogP) is 3.03. The maximum absolute atomic E-state index is 13.4. The Morgan fingerprint density at radius 2 is 1.96 bits per heavy atom. The van der Waals surface area contributed by atoms with Gasteiger partial charge in [-0.05, 0) is 36.4 Å². The van der Waals surface area contributed by atoms with Crippen LogP contribution in [0.4, 0.5) is 10.1 Å². The zero-order valence-corrected chi connectivity index (χ0v) is 14.7. The summed E-state index contributed by atoms with van der Waals surface area (Å²) in [6, 6.07) is 13.0. The number of halogens is 2. The SMILES string of the molecule is O=C(COc1ccccc1F)NCC1CC(=O)N(c2ccc(Cl)cc2)C1. The van der Waals surface area contributed by atoms with Crippen LogP contribution >= 0.6 is 11.6 Å². The topological polar surface area (TPSA) is 58.6 Å². The van der Waals surface area contributed by atoms with E-state index in [1.54, 1.807) is 41.3 Å². The first-order valence-corrected chi connectivity index (χ1v) is 8.60. The van der Waals surface area contributed by atoms with Gasteiger partial charge >= 0.3 is 0 Å². The number of hydrogen-bond acceptors (Lipinski definition) is 3. The van der Waals surface area contributed by atoms with E-state index in [1.165, 1.54) is 12.1 Å². The summed E-state index contributed by atoms with van der Waals surface area (Å²) >= 11 is 5.87. The average molecular weight is 377 g/mol. The van der Waals surface area contributed by atoms with E-state index in [2.05, 4.69) is 5.32 Å². The Hall–Kier alpha value is -2.60. The third-order valence-corrected chi connectivity index (χ3v) is 4.38. The summed E-state index contributed by atoms with van der Waals surface area (Å²) in [5.41, 5.74) is 0.788. The highest BCUT2D eigenvalue weighted by Gasteiger charge is 2.30. The lowest BCUT2D eigenvalue weighted by Crippen LogP contribution is -2.34.